The van der Waals surface area contributed by atoms with E-state index in [0.29, 0.717) is 11.5 Å². The largest absolute Gasteiger partial charge is 0.419 e. The second-order valence-corrected chi connectivity index (χ2v) is 3.43. The van der Waals surface area contributed by atoms with Gasteiger partial charge in [0.15, 0.2) is 0 Å². The smallest absolute Gasteiger partial charge is 0.233 e. The second-order valence-electron chi connectivity index (χ2n) is 3.43. The van der Waals surface area contributed by atoms with Gasteiger partial charge in [-0.05, 0) is 12.1 Å². The summed E-state index contributed by atoms with van der Waals surface area (Å²) in [4.78, 5) is 4.01. The molecule has 0 unspecified atom stereocenters. The van der Waals surface area contributed by atoms with Crippen molar-refractivity contribution in [2.24, 2.45) is 0 Å². The minimum absolute atomic E-state index is 0.0257. The Morgan fingerprint density at radius 3 is 3.06 bits per heavy atom. The molecule has 0 aliphatic rings. The maximum absolute atomic E-state index is 8.77. The Labute approximate surface area is 95.9 Å². The van der Waals surface area contributed by atoms with Gasteiger partial charge in [-0.25, -0.2) is 4.52 Å². The fourth-order valence-electron chi connectivity index (χ4n) is 1.63. The summed E-state index contributed by atoms with van der Waals surface area (Å²) >= 11 is 0. The number of nitrogens with two attached hydrogens (primary N) is 1. The molecule has 0 aliphatic carbocycles. The molecule has 3 rings (SSSR count). The molecule has 0 saturated heterocycles. The number of pyridine rings is 1. The van der Waals surface area contributed by atoms with Gasteiger partial charge >= 0.3 is 0 Å². The number of anilines is 1. The zero-order chi connectivity index (χ0) is 11.8. The lowest BCUT2D eigenvalue weighted by Crippen LogP contribution is -1.84. The van der Waals surface area contributed by atoms with Crippen molar-refractivity contribution in [3.8, 4) is 17.5 Å². The van der Waals surface area contributed by atoms with Crippen molar-refractivity contribution in [3.63, 3.8) is 0 Å². The van der Waals surface area contributed by atoms with Crippen LogP contribution in [0.2, 0.25) is 0 Å². The van der Waals surface area contributed by atoms with E-state index in [0.717, 1.165) is 5.52 Å². The van der Waals surface area contributed by atoms with Gasteiger partial charge in [0.05, 0.1) is 17.3 Å². The summed E-state index contributed by atoms with van der Waals surface area (Å²) in [6.45, 7) is 0. The molecule has 0 radical (unpaired) electrons. The normalized spacial score (nSPS) is 10.5. The zero-order valence-corrected chi connectivity index (χ0v) is 8.66. The molecule has 3 aromatic heterocycles. The summed E-state index contributed by atoms with van der Waals surface area (Å²) < 4.78 is 6.95. The Kier molecular flexibility index (Phi) is 1.86. The van der Waals surface area contributed by atoms with Crippen molar-refractivity contribution in [2.45, 2.75) is 0 Å². The maximum Gasteiger partial charge on any atom is 0.233 e. The molecule has 0 spiro atoms. The van der Waals surface area contributed by atoms with E-state index >= 15 is 0 Å². The molecule has 3 heterocycles. The minimum atomic E-state index is 0.0257. The highest BCUT2D eigenvalue weighted by atomic mass is 16.4. The van der Waals surface area contributed by atoms with Gasteiger partial charge in [-0.3, -0.25) is 0 Å². The van der Waals surface area contributed by atoms with Crippen LogP contribution in [0.25, 0.3) is 17.0 Å². The van der Waals surface area contributed by atoms with Crippen molar-refractivity contribution in [2.75, 3.05) is 5.73 Å². The molecule has 0 aromatic carbocycles. The quantitative estimate of drug-likeness (QED) is 0.676. The number of oxazole rings is 1. The van der Waals surface area contributed by atoms with E-state index in [-0.39, 0.29) is 11.6 Å². The first-order valence-electron chi connectivity index (χ1n) is 4.89. The third kappa shape index (κ3) is 1.33. The van der Waals surface area contributed by atoms with Crippen molar-refractivity contribution in [1.82, 2.24) is 14.6 Å². The van der Waals surface area contributed by atoms with Crippen LogP contribution in [0, 0.1) is 11.3 Å². The van der Waals surface area contributed by atoms with Crippen molar-refractivity contribution in [1.29, 1.82) is 5.26 Å². The van der Waals surface area contributed by atoms with Crippen LogP contribution in [-0.2, 0) is 0 Å². The van der Waals surface area contributed by atoms with E-state index in [4.69, 9.17) is 15.4 Å². The lowest BCUT2D eigenvalue weighted by atomic mass is 10.2. The topological polar surface area (TPSA) is 93.1 Å². The van der Waals surface area contributed by atoms with Gasteiger partial charge in [0, 0.05) is 6.20 Å². The molecule has 0 aliphatic heterocycles. The molecule has 0 amide bonds. The zero-order valence-electron chi connectivity index (χ0n) is 8.66. The van der Waals surface area contributed by atoms with Crippen LogP contribution in [0.1, 0.15) is 5.69 Å². The SMILES string of the molecule is N#Cc1nc(-c2cnn3ccccc23)oc1N. The molecular formula is C11H7N5O. The van der Waals surface area contributed by atoms with E-state index in [9.17, 15) is 0 Å². The molecule has 0 fully saturated rings. The summed E-state index contributed by atoms with van der Waals surface area (Å²) in [5, 5.41) is 12.9. The van der Waals surface area contributed by atoms with Crippen molar-refractivity contribution < 1.29 is 4.42 Å². The average Bonchev–Trinajstić information content (AvgIpc) is 2.92. The Hall–Kier alpha value is -2.81. The Morgan fingerprint density at radius 1 is 1.41 bits per heavy atom. The molecule has 0 atom stereocenters. The monoisotopic (exact) mass is 225 g/mol. The Bertz CT molecular complexity index is 734. The molecular weight excluding hydrogens is 218 g/mol. The molecule has 2 N–H and O–H groups in total. The predicted molar refractivity (Wildman–Crippen MR) is 59.8 cm³/mol. The summed E-state index contributed by atoms with van der Waals surface area (Å²) in [6.07, 6.45) is 3.44. The van der Waals surface area contributed by atoms with Gasteiger partial charge < -0.3 is 10.2 Å². The van der Waals surface area contributed by atoms with Gasteiger partial charge in [-0.1, -0.05) is 6.07 Å². The van der Waals surface area contributed by atoms with Crippen LogP contribution in [0.15, 0.2) is 35.0 Å². The Morgan fingerprint density at radius 2 is 2.29 bits per heavy atom. The van der Waals surface area contributed by atoms with Gasteiger partial charge in [-0.15, -0.1) is 0 Å². The van der Waals surface area contributed by atoms with Gasteiger partial charge in [0.2, 0.25) is 17.5 Å². The number of hydrogen-bond donors (Lipinski definition) is 1. The van der Waals surface area contributed by atoms with Crippen LogP contribution < -0.4 is 5.73 Å². The van der Waals surface area contributed by atoms with Crippen LogP contribution in [0.3, 0.4) is 0 Å². The number of fused-ring (bicyclic) bond motifs is 1. The maximum atomic E-state index is 8.77. The van der Waals surface area contributed by atoms with Crippen LogP contribution in [0.4, 0.5) is 5.88 Å². The highest BCUT2D eigenvalue weighted by molar-refractivity contribution is 5.75. The number of nitrogen functional groups attached to an aromatic ring is 1. The molecule has 0 bridgehead atoms. The van der Waals surface area contributed by atoms with Crippen molar-refractivity contribution >= 4 is 11.4 Å². The summed E-state index contributed by atoms with van der Waals surface area (Å²) in [7, 11) is 0. The number of nitriles is 1. The highest BCUT2D eigenvalue weighted by Crippen LogP contribution is 2.26. The van der Waals surface area contributed by atoms with E-state index in [1.165, 1.54) is 0 Å². The van der Waals surface area contributed by atoms with Gasteiger partial charge in [0.1, 0.15) is 6.07 Å². The summed E-state index contributed by atoms with van der Waals surface area (Å²) in [5.74, 6) is 0.332. The number of aromatic nitrogens is 3. The number of hydrogen-bond acceptors (Lipinski definition) is 5. The van der Waals surface area contributed by atoms with Crippen molar-refractivity contribution in [3.05, 3.63) is 36.3 Å². The second kappa shape index (κ2) is 3.35. The standard InChI is InChI=1S/C11H7N5O/c12-5-8-10(13)17-11(15-8)7-6-14-16-4-2-1-3-9(7)16/h1-4,6H,13H2. The molecule has 82 valence electrons. The third-order valence-corrected chi connectivity index (χ3v) is 2.42. The molecule has 6 nitrogen and oxygen atoms in total. The first-order valence-corrected chi connectivity index (χ1v) is 4.89. The van der Waals surface area contributed by atoms with Crippen LogP contribution >= 0.6 is 0 Å². The highest BCUT2D eigenvalue weighted by Gasteiger charge is 2.15. The first-order chi connectivity index (χ1) is 8.29. The summed E-state index contributed by atoms with van der Waals surface area (Å²) in [5.41, 5.74) is 7.17. The van der Waals surface area contributed by atoms with Crippen LogP contribution in [-0.4, -0.2) is 14.6 Å². The lowest BCUT2D eigenvalue weighted by molar-refractivity contribution is 0.594. The summed E-state index contributed by atoms with van der Waals surface area (Å²) in [6, 6.07) is 7.51. The van der Waals surface area contributed by atoms with E-state index < -0.39 is 0 Å². The van der Waals surface area contributed by atoms with Crippen LogP contribution in [0.5, 0.6) is 0 Å². The number of rotatable bonds is 1. The average molecular weight is 225 g/mol. The Balaban J connectivity index is 2.24. The van der Waals surface area contributed by atoms with E-state index in [1.807, 2.05) is 30.5 Å². The lowest BCUT2D eigenvalue weighted by Gasteiger charge is -1.92. The van der Waals surface area contributed by atoms with E-state index in [2.05, 4.69) is 10.1 Å². The fourth-order valence-corrected chi connectivity index (χ4v) is 1.63. The van der Waals surface area contributed by atoms with Gasteiger partial charge in [0.25, 0.3) is 0 Å². The molecule has 6 heteroatoms. The third-order valence-electron chi connectivity index (χ3n) is 2.42. The predicted octanol–water partition coefficient (Wildman–Crippen LogP) is 1.44. The van der Waals surface area contributed by atoms with Gasteiger partial charge in [-0.2, -0.15) is 15.3 Å². The minimum Gasteiger partial charge on any atom is -0.419 e. The first kappa shape index (κ1) is 9.42. The number of nitrogens with zero attached hydrogens (tertiary/aromatic N) is 4. The molecule has 0 saturated carbocycles. The molecule has 3 aromatic rings. The van der Waals surface area contributed by atoms with E-state index in [1.54, 1.807) is 10.7 Å². The fraction of sp³-hybridized carbons (Fsp3) is 0. The molecule has 17 heavy (non-hydrogen) atoms.